The van der Waals surface area contributed by atoms with Gasteiger partial charge in [-0.3, -0.25) is 14.9 Å². The lowest BCUT2D eigenvalue weighted by Gasteiger charge is -2.09. The number of hydrogen-bond acceptors (Lipinski definition) is 6. The Morgan fingerprint density at radius 2 is 2.03 bits per heavy atom. The van der Waals surface area contributed by atoms with E-state index in [1.165, 1.54) is 22.6 Å². The van der Waals surface area contributed by atoms with E-state index < -0.39 is 4.92 Å². The second kappa shape index (κ2) is 7.90. The minimum atomic E-state index is -0.445. The SMILES string of the molecule is O=c1[nH]c(C=Cc2ccc(-c3ccc([N+](=O)[O-])cc3Br)o2)nc2sc3c(c12)CCCC3. The van der Waals surface area contributed by atoms with Crippen LogP contribution in [-0.2, 0) is 12.8 Å². The Kier molecular flexibility index (Phi) is 5.07. The molecular weight excluding hydrogens is 482 g/mol. The van der Waals surface area contributed by atoms with Crippen molar-refractivity contribution >= 4 is 55.3 Å². The van der Waals surface area contributed by atoms with Gasteiger partial charge >= 0.3 is 0 Å². The summed E-state index contributed by atoms with van der Waals surface area (Å²) in [5.41, 5.74) is 1.78. The number of halogens is 1. The molecule has 0 saturated heterocycles. The highest BCUT2D eigenvalue weighted by Crippen LogP contribution is 2.34. The van der Waals surface area contributed by atoms with E-state index in [-0.39, 0.29) is 11.2 Å². The van der Waals surface area contributed by atoms with Crippen LogP contribution < -0.4 is 5.56 Å². The molecule has 1 aromatic carbocycles. The minimum absolute atomic E-state index is 0.00276. The smallest absolute Gasteiger partial charge is 0.270 e. The number of nitro groups is 1. The molecule has 1 N–H and O–H groups in total. The second-order valence-electron chi connectivity index (χ2n) is 7.30. The molecule has 0 aliphatic heterocycles. The highest BCUT2D eigenvalue weighted by atomic mass is 79.9. The van der Waals surface area contributed by atoms with Crippen molar-refractivity contribution < 1.29 is 9.34 Å². The first-order valence-electron chi connectivity index (χ1n) is 9.76. The van der Waals surface area contributed by atoms with Gasteiger partial charge in [-0.05, 0) is 77.5 Å². The van der Waals surface area contributed by atoms with Crippen molar-refractivity contribution in [1.82, 2.24) is 9.97 Å². The number of nitrogens with zero attached hydrogens (tertiary/aromatic N) is 2. The van der Waals surface area contributed by atoms with Gasteiger partial charge < -0.3 is 9.40 Å². The number of fused-ring (bicyclic) bond motifs is 3. The number of non-ortho nitro benzene ring substituents is 1. The first kappa shape index (κ1) is 19.9. The number of furan rings is 1. The molecule has 0 spiro atoms. The van der Waals surface area contributed by atoms with Gasteiger partial charge in [0, 0.05) is 27.0 Å². The van der Waals surface area contributed by atoms with Crippen molar-refractivity contribution in [3.05, 3.63) is 77.3 Å². The number of H-pyrrole nitrogens is 1. The molecule has 1 aliphatic carbocycles. The molecule has 9 heteroatoms. The molecular formula is C22H16BrN3O4S. The number of nitro benzene ring substituents is 1. The standard InChI is InChI=1S/C22H16BrN3O4S/c23-16-11-12(26(28)29)5-8-14(16)17-9-6-13(30-17)7-10-19-24-21(27)20-15-3-1-2-4-18(15)31-22(20)25-19/h5-11H,1-4H2,(H,24,25,27). The van der Waals surface area contributed by atoms with Gasteiger partial charge in [0.2, 0.25) is 0 Å². The Bertz CT molecular complexity index is 1420. The van der Waals surface area contributed by atoms with Gasteiger partial charge in [-0.25, -0.2) is 4.98 Å². The molecule has 7 nitrogen and oxygen atoms in total. The summed E-state index contributed by atoms with van der Waals surface area (Å²) in [6, 6.07) is 8.10. The lowest BCUT2D eigenvalue weighted by molar-refractivity contribution is -0.384. The van der Waals surface area contributed by atoms with Crippen molar-refractivity contribution in [1.29, 1.82) is 0 Å². The molecule has 156 valence electrons. The lowest BCUT2D eigenvalue weighted by Crippen LogP contribution is -2.11. The maximum Gasteiger partial charge on any atom is 0.270 e. The zero-order valence-electron chi connectivity index (χ0n) is 16.2. The van der Waals surface area contributed by atoms with Crippen LogP contribution >= 0.6 is 27.3 Å². The van der Waals surface area contributed by atoms with E-state index in [2.05, 4.69) is 25.9 Å². The summed E-state index contributed by atoms with van der Waals surface area (Å²) < 4.78 is 6.43. The fourth-order valence-corrected chi connectivity index (χ4v) is 5.66. The summed E-state index contributed by atoms with van der Waals surface area (Å²) in [6.07, 6.45) is 7.70. The molecule has 31 heavy (non-hydrogen) atoms. The Balaban J connectivity index is 1.43. The molecule has 0 bridgehead atoms. The van der Waals surface area contributed by atoms with Crippen LogP contribution in [0.5, 0.6) is 0 Å². The van der Waals surface area contributed by atoms with E-state index >= 15 is 0 Å². The molecule has 3 aromatic heterocycles. The summed E-state index contributed by atoms with van der Waals surface area (Å²) in [6.45, 7) is 0. The van der Waals surface area contributed by atoms with Crippen LogP contribution in [0.25, 0.3) is 33.7 Å². The predicted octanol–water partition coefficient (Wildman–Crippen LogP) is 5.96. The van der Waals surface area contributed by atoms with Crippen LogP contribution in [0.3, 0.4) is 0 Å². The summed E-state index contributed by atoms with van der Waals surface area (Å²) >= 11 is 4.98. The Morgan fingerprint density at radius 3 is 2.84 bits per heavy atom. The molecule has 1 aliphatic rings. The third kappa shape index (κ3) is 3.75. The number of nitrogens with one attached hydrogen (secondary N) is 1. The van der Waals surface area contributed by atoms with Crippen LogP contribution in [-0.4, -0.2) is 14.9 Å². The number of benzene rings is 1. The fraction of sp³-hybridized carbons (Fsp3) is 0.182. The summed E-state index contributed by atoms with van der Waals surface area (Å²) in [5.74, 6) is 1.63. The fourth-order valence-electron chi connectivity index (χ4n) is 3.83. The van der Waals surface area contributed by atoms with E-state index in [0.29, 0.717) is 27.4 Å². The van der Waals surface area contributed by atoms with E-state index in [4.69, 9.17) is 4.42 Å². The molecule has 3 heterocycles. The second-order valence-corrected chi connectivity index (χ2v) is 9.24. The van der Waals surface area contributed by atoms with E-state index in [0.717, 1.165) is 35.9 Å². The molecule has 0 saturated carbocycles. The Morgan fingerprint density at radius 1 is 1.19 bits per heavy atom. The van der Waals surface area contributed by atoms with Crippen molar-refractivity contribution in [2.45, 2.75) is 25.7 Å². The number of thiophene rings is 1. The molecule has 0 fully saturated rings. The van der Waals surface area contributed by atoms with Crippen LogP contribution in [0.15, 0.2) is 44.0 Å². The summed E-state index contributed by atoms with van der Waals surface area (Å²) in [7, 11) is 0. The quantitative estimate of drug-likeness (QED) is 0.276. The summed E-state index contributed by atoms with van der Waals surface area (Å²) in [4.78, 5) is 32.7. The topological polar surface area (TPSA) is 102 Å². The van der Waals surface area contributed by atoms with Gasteiger partial charge in [-0.15, -0.1) is 11.3 Å². The average Bonchev–Trinajstić information content (AvgIpc) is 3.36. The van der Waals surface area contributed by atoms with Crippen LogP contribution in [0.2, 0.25) is 0 Å². The molecule has 0 radical (unpaired) electrons. The normalized spacial score (nSPS) is 13.7. The summed E-state index contributed by atoms with van der Waals surface area (Å²) in [5, 5.41) is 11.6. The molecule has 0 unspecified atom stereocenters. The van der Waals surface area contributed by atoms with Gasteiger partial charge in [-0.2, -0.15) is 0 Å². The average molecular weight is 498 g/mol. The number of rotatable bonds is 4. The van der Waals surface area contributed by atoms with Crippen molar-refractivity contribution in [2.24, 2.45) is 0 Å². The Hall–Kier alpha value is -3.04. The monoisotopic (exact) mass is 497 g/mol. The van der Waals surface area contributed by atoms with Crippen molar-refractivity contribution in [3.63, 3.8) is 0 Å². The Labute approximate surface area is 188 Å². The number of aromatic nitrogens is 2. The maximum atomic E-state index is 12.6. The van der Waals surface area contributed by atoms with Crippen LogP contribution in [0, 0.1) is 10.1 Å². The van der Waals surface area contributed by atoms with Gasteiger partial charge in [0.25, 0.3) is 11.2 Å². The zero-order valence-corrected chi connectivity index (χ0v) is 18.6. The molecule has 4 aromatic rings. The van der Waals surface area contributed by atoms with Gasteiger partial charge in [0.15, 0.2) is 0 Å². The minimum Gasteiger partial charge on any atom is -0.457 e. The maximum absolute atomic E-state index is 12.6. The highest BCUT2D eigenvalue weighted by Gasteiger charge is 2.19. The highest BCUT2D eigenvalue weighted by molar-refractivity contribution is 9.10. The van der Waals surface area contributed by atoms with Gasteiger partial charge in [0.1, 0.15) is 22.2 Å². The van der Waals surface area contributed by atoms with E-state index in [1.807, 2.05) is 0 Å². The van der Waals surface area contributed by atoms with Gasteiger partial charge in [0.05, 0.1) is 10.3 Å². The third-order valence-corrected chi connectivity index (χ3v) is 7.15. The number of hydrogen-bond donors (Lipinski definition) is 1. The van der Waals surface area contributed by atoms with E-state index in [1.54, 1.807) is 41.7 Å². The molecule has 0 amide bonds. The molecule has 0 atom stereocenters. The lowest BCUT2D eigenvalue weighted by atomic mass is 9.97. The van der Waals surface area contributed by atoms with Crippen molar-refractivity contribution in [2.75, 3.05) is 0 Å². The van der Waals surface area contributed by atoms with E-state index in [9.17, 15) is 14.9 Å². The number of aryl methyl sites for hydroxylation is 2. The van der Waals surface area contributed by atoms with Crippen molar-refractivity contribution in [3.8, 4) is 11.3 Å². The third-order valence-electron chi connectivity index (χ3n) is 5.30. The first-order chi connectivity index (χ1) is 15.0. The van der Waals surface area contributed by atoms with Crippen LogP contribution in [0.1, 0.15) is 34.9 Å². The van der Waals surface area contributed by atoms with Gasteiger partial charge in [-0.1, -0.05) is 0 Å². The number of aromatic amines is 1. The predicted molar refractivity (Wildman–Crippen MR) is 124 cm³/mol. The van der Waals surface area contributed by atoms with Crippen LogP contribution in [0.4, 0.5) is 5.69 Å². The first-order valence-corrected chi connectivity index (χ1v) is 11.4. The largest absolute Gasteiger partial charge is 0.457 e. The molecule has 5 rings (SSSR count). The zero-order chi connectivity index (χ0) is 21.5.